The van der Waals surface area contributed by atoms with Crippen molar-refractivity contribution in [3.05, 3.63) is 84.4 Å². The number of hydrogen-bond donors (Lipinski definition) is 1. The molecular formula is C23H29NO2. The number of rotatable bonds is 8. The zero-order valence-electron chi connectivity index (χ0n) is 15.9. The van der Waals surface area contributed by atoms with Crippen LogP contribution in [0.2, 0.25) is 0 Å². The van der Waals surface area contributed by atoms with Crippen LogP contribution in [0.4, 0.5) is 0 Å². The standard InChI is InChI=1S/C23H29NO2/c1-5-16-23(3,17-19-12-8-6-9-13-19)22(26)24(4)18(2)21(25)20-14-10-7-11-15-20/h5-15,18,21,25H,1,16-17H2,2-4H3/t18-,21+,23+/m0/s1. The van der Waals surface area contributed by atoms with E-state index in [-0.39, 0.29) is 11.9 Å². The molecule has 0 aliphatic rings. The molecule has 3 nitrogen and oxygen atoms in total. The van der Waals surface area contributed by atoms with E-state index in [2.05, 4.69) is 6.58 Å². The molecule has 138 valence electrons. The Kier molecular flexibility index (Phi) is 6.76. The number of benzene rings is 2. The number of carbonyl (C=O) groups excluding carboxylic acids is 1. The van der Waals surface area contributed by atoms with E-state index in [1.54, 1.807) is 18.0 Å². The number of nitrogens with zero attached hydrogens (tertiary/aromatic N) is 1. The van der Waals surface area contributed by atoms with Gasteiger partial charge in [0.25, 0.3) is 0 Å². The fourth-order valence-electron chi connectivity index (χ4n) is 3.35. The molecule has 0 unspecified atom stereocenters. The Morgan fingerprint density at radius 2 is 1.69 bits per heavy atom. The van der Waals surface area contributed by atoms with Crippen LogP contribution in [-0.2, 0) is 11.2 Å². The van der Waals surface area contributed by atoms with Crippen LogP contribution in [0.5, 0.6) is 0 Å². The van der Waals surface area contributed by atoms with Crippen LogP contribution >= 0.6 is 0 Å². The Bertz CT molecular complexity index is 714. The van der Waals surface area contributed by atoms with Gasteiger partial charge in [0.2, 0.25) is 5.91 Å². The molecule has 2 rings (SSSR count). The number of aliphatic hydroxyl groups excluding tert-OH is 1. The first-order valence-corrected chi connectivity index (χ1v) is 9.04. The zero-order valence-corrected chi connectivity index (χ0v) is 15.9. The second kappa shape index (κ2) is 8.81. The number of allylic oxidation sites excluding steroid dienone is 1. The van der Waals surface area contributed by atoms with E-state index < -0.39 is 11.5 Å². The number of aliphatic hydroxyl groups is 1. The molecule has 3 heteroatoms. The Morgan fingerprint density at radius 3 is 2.23 bits per heavy atom. The first kappa shape index (κ1) is 19.9. The van der Waals surface area contributed by atoms with Crippen molar-refractivity contribution >= 4 is 5.91 Å². The molecule has 0 bridgehead atoms. The van der Waals surface area contributed by atoms with Crippen molar-refractivity contribution in [3.8, 4) is 0 Å². The van der Waals surface area contributed by atoms with E-state index >= 15 is 0 Å². The van der Waals surface area contributed by atoms with Gasteiger partial charge in [-0.15, -0.1) is 6.58 Å². The average Bonchev–Trinajstić information content (AvgIpc) is 2.67. The van der Waals surface area contributed by atoms with Crippen molar-refractivity contribution in [1.82, 2.24) is 4.90 Å². The Balaban J connectivity index is 2.20. The van der Waals surface area contributed by atoms with Gasteiger partial charge >= 0.3 is 0 Å². The topological polar surface area (TPSA) is 40.5 Å². The molecule has 26 heavy (non-hydrogen) atoms. The molecule has 0 saturated carbocycles. The van der Waals surface area contributed by atoms with Crippen molar-refractivity contribution in [2.24, 2.45) is 5.41 Å². The molecule has 3 atom stereocenters. The average molecular weight is 351 g/mol. The van der Waals surface area contributed by atoms with Gasteiger partial charge in [-0.3, -0.25) is 4.79 Å². The first-order chi connectivity index (χ1) is 12.4. The minimum atomic E-state index is -0.727. The molecule has 0 radical (unpaired) electrons. The minimum absolute atomic E-state index is 0.0173. The highest BCUT2D eigenvalue weighted by Crippen LogP contribution is 2.32. The van der Waals surface area contributed by atoms with Crippen LogP contribution in [0, 0.1) is 5.41 Å². The highest BCUT2D eigenvalue weighted by atomic mass is 16.3. The van der Waals surface area contributed by atoms with Gasteiger partial charge in [0, 0.05) is 7.05 Å². The van der Waals surface area contributed by atoms with Crippen LogP contribution in [0.1, 0.15) is 37.5 Å². The summed E-state index contributed by atoms with van der Waals surface area (Å²) in [7, 11) is 1.77. The molecule has 0 aromatic heterocycles. The highest BCUT2D eigenvalue weighted by molar-refractivity contribution is 5.83. The molecule has 0 aliphatic heterocycles. The fraction of sp³-hybridized carbons (Fsp3) is 0.348. The molecule has 0 fully saturated rings. The number of amides is 1. The van der Waals surface area contributed by atoms with E-state index in [9.17, 15) is 9.90 Å². The Morgan fingerprint density at radius 1 is 1.15 bits per heavy atom. The highest BCUT2D eigenvalue weighted by Gasteiger charge is 2.37. The Labute approximate surface area is 157 Å². The number of carbonyl (C=O) groups is 1. The van der Waals surface area contributed by atoms with Gasteiger partial charge in [-0.2, -0.15) is 0 Å². The van der Waals surface area contributed by atoms with Gasteiger partial charge < -0.3 is 10.0 Å². The third-order valence-corrected chi connectivity index (χ3v) is 5.08. The van der Waals surface area contributed by atoms with Gasteiger partial charge in [0.1, 0.15) is 0 Å². The summed E-state index contributed by atoms with van der Waals surface area (Å²) < 4.78 is 0. The van der Waals surface area contributed by atoms with Crippen LogP contribution in [-0.4, -0.2) is 29.0 Å². The van der Waals surface area contributed by atoms with Gasteiger partial charge in [-0.05, 0) is 30.9 Å². The van der Waals surface area contributed by atoms with E-state index in [0.717, 1.165) is 11.1 Å². The Hall–Kier alpha value is -2.39. The summed E-state index contributed by atoms with van der Waals surface area (Å²) >= 11 is 0. The lowest BCUT2D eigenvalue weighted by molar-refractivity contribution is -0.144. The van der Waals surface area contributed by atoms with E-state index in [4.69, 9.17) is 0 Å². The molecule has 0 spiro atoms. The lowest BCUT2D eigenvalue weighted by atomic mass is 9.79. The van der Waals surface area contributed by atoms with Crippen molar-refractivity contribution < 1.29 is 9.90 Å². The third kappa shape index (κ3) is 4.61. The maximum Gasteiger partial charge on any atom is 0.229 e. The van der Waals surface area contributed by atoms with Gasteiger partial charge in [-0.1, -0.05) is 73.7 Å². The van der Waals surface area contributed by atoms with Crippen LogP contribution in [0.25, 0.3) is 0 Å². The molecule has 1 N–H and O–H groups in total. The molecule has 1 amide bonds. The number of likely N-dealkylation sites (N-methyl/N-ethyl adjacent to an activating group) is 1. The fourth-order valence-corrected chi connectivity index (χ4v) is 3.35. The molecule has 2 aromatic rings. The zero-order chi connectivity index (χ0) is 19.2. The van der Waals surface area contributed by atoms with Crippen LogP contribution in [0.3, 0.4) is 0 Å². The first-order valence-electron chi connectivity index (χ1n) is 9.04. The van der Waals surface area contributed by atoms with E-state index in [0.29, 0.717) is 12.8 Å². The summed E-state index contributed by atoms with van der Waals surface area (Å²) in [6, 6.07) is 19.2. The van der Waals surface area contributed by atoms with Gasteiger partial charge in [0.05, 0.1) is 17.6 Å². The maximum absolute atomic E-state index is 13.3. The molecule has 0 aliphatic carbocycles. The van der Waals surface area contributed by atoms with Crippen molar-refractivity contribution in [1.29, 1.82) is 0 Å². The third-order valence-electron chi connectivity index (χ3n) is 5.08. The molecular weight excluding hydrogens is 322 g/mol. The van der Waals surface area contributed by atoms with Crippen LogP contribution in [0.15, 0.2) is 73.3 Å². The van der Waals surface area contributed by atoms with Crippen molar-refractivity contribution in [3.63, 3.8) is 0 Å². The summed E-state index contributed by atoms with van der Waals surface area (Å²) in [5, 5.41) is 10.7. The van der Waals surface area contributed by atoms with Crippen molar-refractivity contribution in [2.45, 2.75) is 38.8 Å². The lowest BCUT2D eigenvalue weighted by Crippen LogP contribution is -2.47. The van der Waals surface area contributed by atoms with E-state index in [1.807, 2.05) is 74.5 Å². The summed E-state index contributed by atoms with van der Waals surface area (Å²) in [6.45, 7) is 7.69. The lowest BCUT2D eigenvalue weighted by Gasteiger charge is -2.37. The van der Waals surface area contributed by atoms with E-state index in [1.165, 1.54) is 0 Å². The monoisotopic (exact) mass is 351 g/mol. The maximum atomic E-state index is 13.3. The largest absolute Gasteiger partial charge is 0.386 e. The normalized spacial score (nSPS) is 15.5. The smallest absolute Gasteiger partial charge is 0.229 e. The molecule has 0 heterocycles. The summed E-state index contributed by atoms with van der Waals surface area (Å²) in [5.74, 6) is 0.0173. The summed E-state index contributed by atoms with van der Waals surface area (Å²) in [5.41, 5.74) is 1.34. The minimum Gasteiger partial charge on any atom is -0.386 e. The number of hydrogen-bond acceptors (Lipinski definition) is 2. The SMILES string of the molecule is C=CC[C@](C)(Cc1ccccc1)C(=O)N(C)[C@@H](C)[C@@H](O)c1ccccc1. The summed E-state index contributed by atoms with van der Waals surface area (Å²) in [4.78, 5) is 15.0. The predicted molar refractivity (Wildman–Crippen MR) is 107 cm³/mol. The van der Waals surface area contributed by atoms with Gasteiger partial charge in [0.15, 0.2) is 0 Å². The predicted octanol–water partition coefficient (Wildman–Crippen LogP) is 4.39. The quantitative estimate of drug-likeness (QED) is 0.717. The van der Waals surface area contributed by atoms with Crippen LogP contribution < -0.4 is 0 Å². The molecule has 0 saturated heterocycles. The molecule has 2 aromatic carbocycles. The van der Waals surface area contributed by atoms with Crippen molar-refractivity contribution in [2.75, 3.05) is 7.05 Å². The van der Waals surface area contributed by atoms with Gasteiger partial charge in [-0.25, -0.2) is 0 Å². The second-order valence-corrected chi connectivity index (χ2v) is 7.23. The summed E-state index contributed by atoms with van der Waals surface area (Å²) in [6.07, 6.45) is 2.29. The second-order valence-electron chi connectivity index (χ2n) is 7.23.